The average molecular weight is 952 g/mol. The van der Waals surface area contributed by atoms with Crippen molar-refractivity contribution in [3.8, 4) is 33.4 Å². The van der Waals surface area contributed by atoms with Gasteiger partial charge in [-0.2, -0.15) is 0 Å². The Bertz CT molecular complexity index is 3390. The van der Waals surface area contributed by atoms with Crippen LogP contribution in [-0.4, -0.2) is 24.9 Å². The smallest absolute Gasteiger partial charge is 0.0752 e. The van der Waals surface area contributed by atoms with E-state index >= 15 is 0 Å². The Kier molecular flexibility index (Phi) is 12.3. The molecule has 2 aliphatic rings. The Hall–Kier alpha value is -6.59. The molecular weight excluding hydrogens is 875 g/mol. The van der Waals surface area contributed by atoms with Gasteiger partial charge in [0.2, 0.25) is 0 Å². The summed E-state index contributed by atoms with van der Waals surface area (Å²) < 4.78 is 0. The van der Waals surface area contributed by atoms with E-state index in [0.717, 1.165) is 89.5 Å². The molecule has 0 saturated carbocycles. The lowest BCUT2D eigenvalue weighted by molar-refractivity contribution is 0.568. The zero-order valence-electron chi connectivity index (χ0n) is 46.5. The Balaban J connectivity index is 1.51. The Labute approximate surface area is 430 Å². The van der Waals surface area contributed by atoms with E-state index in [4.69, 9.17) is 15.0 Å². The van der Waals surface area contributed by atoms with Crippen molar-refractivity contribution in [2.45, 2.75) is 157 Å². The molecule has 4 aromatic heterocycles. The molecule has 0 aliphatic carbocycles. The lowest BCUT2D eigenvalue weighted by atomic mass is 9.78. The number of nitrogens with one attached hydrogen (secondary N) is 2. The van der Waals surface area contributed by atoms with E-state index < -0.39 is 0 Å². The maximum absolute atomic E-state index is 5.76. The Morgan fingerprint density at radius 2 is 0.722 bits per heavy atom. The van der Waals surface area contributed by atoms with Gasteiger partial charge in [0.15, 0.2) is 0 Å². The van der Waals surface area contributed by atoms with Crippen molar-refractivity contribution in [2.24, 2.45) is 0 Å². The van der Waals surface area contributed by atoms with Crippen LogP contribution in [0.3, 0.4) is 0 Å². The Morgan fingerprint density at radius 1 is 0.347 bits per heavy atom. The van der Waals surface area contributed by atoms with E-state index in [1.165, 1.54) is 33.4 Å². The molecule has 5 heteroatoms. The van der Waals surface area contributed by atoms with Crippen LogP contribution < -0.4 is 0 Å². The van der Waals surface area contributed by atoms with Gasteiger partial charge in [0.1, 0.15) is 0 Å². The normalized spacial score (nSPS) is 13.7. The highest BCUT2D eigenvalue weighted by Gasteiger charge is 2.28. The van der Waals surface area contributed by atoms with E-state index in [1.807, 2.05) is 12.3 Å². The van der Waals surface area contributed by atoms with Crippen molar-refractivity contribution in [1.29, 1.82) is 0 Å². The molecule has 0 spiro atoms. The van der Waals surface area contributed by atoms with Crippen molar-refractivity contribution >= 4 is 45.9 Å². The first kappa shape index (κ1) is 50.4. The van der Waals surface area contributed by atoms with Gasteiger partial charge in [0, 0.05) is 50.5 Å². The lowest BCUT2D eigenvalue weighted by Gasteiger charge is -2.26. The fourth-order valence-corrected chi connectivity index (χ4v) is 9.75. The number of nitrogens with zero attached hydrogens (tertiary/aromatic N) is 3. The molecule has 0 unspecified atom stereocenters. The van der Waals surface area contributed by atoms with Gasteiger partial charge in [-0.25, -0.2) is 9.97 Å². The number of rotatable bonds is 4. The second kappa shape index (κ2) is 17.6. The summed E-state index contributed by atoms with van der Waals surface area (Å²) in [6, 6.07) is 38.7. The second-order valence-electron chi connectivity index (χ2n) is 26.7. The third-order valence-electron chi connectivity index (χ3n) is 14.5. The van der Waals surface area contributed by atoms with Gasteiger partial charge in [-0.15, -0.1) is 0 Å². The van der Waals surface area contributed by atoms with Crippen LogP contribution in [0.1, 0.15) is 186 Å². The molecular formula is C67H77N5. The van der Waals surface area contributed by atoms with E-state index in [0.29, 0.717) is 0 Å². The summed E-state index contributed by atoms with van der Waals surface area (Å²) in [4.78, 5) is 24.3. The standard InChI is InChI=1S/C67H77N5/c1-62(2,3)43-29-40(30-44(35-43)63(4,5)6)59-52-23-22-49(69-52)38-57-50(51-21-19-20-28-68-51)39-58(72-57)61(42-33-47(66(13,14)15)37-48(34-42)67(16,17)18)56-27-26-55(71-56)60(54-25-24-53(59)70-54)41-31-45(64(7,8)9)36-46(32-41)65(10,11)12/h19-39,69,71H,1-18H3. The highest BCUT2D eigenvalue weighted by Crippen LogP contribution is 2.43. The second-order valence-corrected chi connectivity index (χ2v) is 26.7. The number of benzene rings is 3. The van der Waals surface area contributed by atoms with E-state index in [1.54, 1.807) is 0 Å². The van der Waals surface area contributed by atoms with Crippen LogP contribution in [0.2, 0.25) is 0 Å². The molecule has 0 saturated heterocycles. The molecule has 0 radical (unpaired) electrons. The van der Waals surface area contributed by atoms with Crippen molar-refractivity contribution in [3.05, 3.63) is 171 Å². The number of aromatic nitrogens is 5. The monoisotopic (exact) mass is 952 g/mol. The minimum absolute atomic E-state index is 0.0788. The summed E-state index contributed by atoms with van der Waals surface area (Å²) in [6.07, 6.45) is 8.57. The number of aromatic amines is 2. The maximum Gasteiger partial charge on any atom is 0.0752 e. The van der Waals surface area contributed by atoms with Crippen LogP contribution in [0.5, 0.6) is 0 Å². The zero-order chi connectivity index (χ0) is 52.1. The molecule has 9 rings (SSSR count). The molecule has 2 aliphatic heterocycles. The van der Waals surface area contributed by atoms with Crippen LogP contribution in [0.25, 0.3) is 79.2 Å². The zero-order valence-corrected chi connectivity index (χ0v) is 46.5. The molecule has 0 amide bonds. The number of hydrogen-bond donors (Lipinski definition) is 2. The minimum Gasteiger partial charge on any atom is -0.355 e. The first-order chi connectivity index (χ1) is 33.4. The largest absolute Gasteiger partial charge is 0.355 e. The van der Waals surface area contributed by atoms with Gasteiger partial charge in [0.25, 0.3) is 0 Å². The van der Waals surface area contributed by atoms with Crippen molar-refractivity contribution < 1.29 is 0 Å². The summed E-state index contributed by atoms with van der Waals surface area (Å²) in [5.41, 5.74) is 23.0. The van der Waals surface area contributed by atoms with Gasteiger partial charge >= 0.3 is 0 Å². The van der Waals surface area contributed by atoms with Crippen LogP contribution in [-0.2, 0) is 32.5 Å². The summed E-state index contributed by atoms with van der Waals surface area (Å²) >= 11 is 0. The maximum atomic E-state index is 5.76. The molecule has 8 bridgehead atoms. The number of H-pyrrole nitrogens is 2. The minimum atomic E-state index is -0.0954. The molecule has 5 nitrogen and oxygen atoms in total. The summed E-state index contributed by atoms with van der Waals surface area (Å²) in [5.74, 6) is 0. The molecule has 2 N–H and O–H groups in total. The SMILES string of the molecule is CC(C)(C)c1cc(-c2c3nc(c(-c4cc(C(C)(C)C)cc(C(C)(C)C)c4)c4ccc([nH]4)c(-c4cc(C(C)(C)C)cc(C(C)(C)C)c4)c4nc(cc5ccc2[nH]5)C(c2ccccn2)=C4)C=C3)cc(C(C)(C)C)c1. The fraction of sp³-hybridized carbons (Fsp3) is 0.358. The number of fused-ring (bicyclic) bond motifs is 8. The van der Waals surface area contributed by atoms with Gasteiger partial charge in [0.05, 0.1) is 28.5 Å². The quantitative estimate of drug-likeness (QED) is 0.185. The van der Waals surface area contributed by atoms with Crippen LogP contribution in [0.4, 0.5) is 0 Å². The number of hydrogen-bond acceptors (Lipinski definition) is 3. The third kappa shape index (κ3) is 10.1. The third-order valence-corrected chi connectivity index (χ3v) is 14.5. The van der Waals surface area contributed by atoms with E-state index in [2.05, 4.69) is 250 Å². The molecule has 0 atom stereocenters. The summed E-state index contributed by atoms with van der Waals surface area (Å²) in [7, 11) is 0. The van der Waals surface area contributed by atoms with Crippen molar-refractivity contribution in [1.82, 2.24) is 24.9 Å². The molecule has 3 aromatic carbocycles. The highest BCUT2D eigenvalue weighted by molar-refractivity contribution is 6.01. The summed E-state index contributed by atoms with van der Waals surface area (Å²) in [6.45, 7) is 41.5. The topological polar surface area (TPSA) is 70.2 Å². The van der Waals surface area contributed by atoms with Crippen LogP contribution in [0.15, 0.2) is 109 Å². The summed E-state index contributed by atoms with van der Waals surface area (Å²) in [5, 5.41) is 0. The predicted octanol–water partition coefficient (Wildman–Crippen LogP) is 18.3. The molecule has 72 heavy (non-hydrogen) atoms. The average Bonchev–Trinajstić information content (AvgIpc) is 4.12. The number of pyridine rings is 1. The highest BCUT2D eigenvalue weighted by atomic mass is 14.8. The van der Waals surface area contributed by atoms with E-state index in [-0.39, 0.29) is 32.5 Å². The van der Waals surface area contributed by atoms with Gasteiger partial charge in [-0.3, -0.25) is 4.98 Å². The Morgan fingerprint density at radius 3 is 1.10 bits per heavy atom. The molecule has 0 fully saturated rings. The molecule has 7 aromatic rings. The van der Waals surface area contributed by atoms with E-state index in [9.17, 15) is 0 Å². The predicted molar refractivity (Wildman–Crippen MR) is 310 cm³/mol. The fourth-order valence-electron chi connectivity index (χ4n) is 9.75. The first-order valence-corrected chi connectivity index (χ1v) is 26.0. The first-order valence-electron chi connectivity index (χ1n) is 26.0. The molecule has 370 valence electrons. The van der Waals surface area contributed by atoms with Gasteiger partial charge in [-0.05, 0) is 143 Å². The molecule has 6 heterocycles. The van der Waals surface area contributed by atoms with Crippen molar-refractivity contribution in [3.63, 3.8) is 0 Å². The van der Waals surface area contributed by atoms with Gasteiger partial charge < -0.3 is 9.97 Å². The van der Waals surface area contributed by atoms with Crippen molar-refractivity contribution in [2.75, 3.05) is 0 Å². The van der Waals surface area contributed by atoms with Gasteiger partial charge in [-0.1, -0.05) is 185 Å². The van der Waals surface area contributed by atoms with Crippen LogP contribution >= 0.6 is 0 Å². The van der Waals surface area contributed by atoms with Crippen LogP contribution in [0, 0.1) is 0 Å². The lowest BCUT2D eigenvalue weighted by Crippen LogP contribution is -2.16.